The molecule has 13 heavy (non-hydrogen) atoms. The molecule has 4 heteroatoms. The lowest BCUT2D eigenvalue weighted by Crippen LogP contribution is -2.49. The SMILES string of the molecule is CC1(C)[C@@H](NC(=O)O)CC[C@]1(C)O. The molecule has 2 atom stereocenters. The Balaban J connectivity index is 2.76. The minimum Gasteiger partial charge on any atom is -0.465 e. The third-order valence-corrected chi connectivity index (χ3v) is 3.48. The molecule has 76 valence electrons. The highest BCUT2D eigenvalue weighted by Gasteiger charge is 2.51. The van der Waals surface area contributed by atoms with Gasteiger partial charge in [-0.1, -0.05) is 13.8 Å². The molecule has 0 aromatic rings. The average Bonchev–Trinajstić information content (AvgIpc) is 2.11. The number of hydrogen-bond donors (Lipinski definition) is 3. The van der Waals surface area contributed by atoms with Gasteiger partial charge in [-0.15, -0.1) is 0 Å². The number of nitrogens with one attached hydrogen (secondary N) is 1. The van der Waals surface area contributed by atoms with Crippen molar-refractivity contribution in [1.29, 1.82) is 0 Å². The van der Waals surface area contributed by atoms with E-state index < -0.39 is 17.1 Å². The molecule has 3 N–H and O–H groups in total. The Hall–Kier alpha value is -0.770. The minimum atomic E-state index is -1.02. The van der Waals surface area contributed by atoms with Crippen molar-refractivity contribution in [3.63, 3.8) is 0 Å². The van der Waals surface area contributed by atoms with E-state index in [0.29, 0.717) is 12.8 Å². The summed E-state index contributed by atoms with van der Waals surface area (Å²) in [6.45, 7) is 5.54. The van der Waals surface area contributed by atoms with Crippen LogP contribution in [-0.2, 0) is 0 Å². The van der Waals surface area contributed by atoms with Crippen molar-refractivity contribution in [3.05, 3.63) is 0 Å². The van der Waals surface area contributed by atoms with Gasteiger partial charge >= 0.3 is 6.09 Å². The molecule has 1 aliphatic carbocycles. The second-order valence-corrected chi connectivity index (χ2v) is 4.54. The van der Waals surface area contributed by atoms with Crippen molar-refractivity contribution in [2.75, 3.05) is 0 Å². The van der Waals surface area contributed by atoms with Crippen LogP contribution in [0.1, 0.15) is 33.6 Å². The van der Waals surface area contributed by atoms with E-state index in [1.54, 1.807) is 6.92 Å². The molecular formula is C9H17NO3. The van der Waals surface area contributed by atoms with E-state index >= 15 is 0 Å². The first-order valence-electron chi connectivity index (χ1n) is 4.49. The van der Waals surface area contributed by atoms with E-state index in [2.05, 4.69) is 5.32 Å². The maximum Gasteiger partial charge on any atom is 0.404 e. The summed E-state index contributed by atoms with van der Waals surface area (Å²) in [5, 5.41) is 21.0. The van der Waals surface area contributed by atoms with Gasteiger partial charge in [0.2, 0.25) is 0 Å². The summed E-state index contributed by atoms with van der Waals surface area (Å²) in [5.41, 5.74) is -1.18. The first kappa shape index (κ1) is 10.3. The number of hydrogen-bond acceptors (Lipinski definition) is 2. The number of rotatable bonds is 1. The predicted octanol–water partition coefficient (Wildman–Crippen LogP) is 1.19. The van der Waals surface area contributed by atoms with Gasteiger partial charge in [-0.2, -0.15) is 0 Å². The molecule has 0 heterocycles. The summed E-state index contributed by atoms with van der Waals surface area (Å²) < 4.78 is 0. The molecule has 0 aliphatic heterocycles. The number of carboxylic acid groups (broad SMARTS) is 1. The summed E-state index contributed by atoms with van der Waals surface area (Å²) in [6.07, 6.45) is 0.327. The maximum atomic E-state index is 10.5. The molecule has 0 unspecified atom stereocenters. The zero-order valence-corrected chi connectivity index (χ0v) is 8.29. The van der Waals surface area contributed by atoms with E-state index in [1.807, 2.05) is 13.8 Å². The summed E-state index contributed by atoms with van der Waals surface area (Å²) in [7, 11) is 0. The van der Waals surface area contributed by atoms with Crippen LogP contribution in [0.4, 0.5) is 4.79 Å². The number of aliphatic hydroxyl groups is 1. The Kier molecular flexibility index (Phi) is 2.28. The Labute approximate surface area is 78.0 Å². The minimum absolute atomic E-state index is 0.153. The van der Waals surface area contributed by atoms with Gasteiger partial charge in [-0.3, -0.25) is 0 Å². The molecule has 4 nitrogen and oxygen atoms in total. The topological polar surface area (TPSA) is 69.6 Å². The first-order valence-corrected chi connectivity index (χ1v) is 4.49. The molecule has 1 aliphatic rings. The molecule has 0 aromatic heterocycles. The molecule has 0 radical (unpaired) electrons. The van der Waals surface area contributed by atoms with Crippen molar-refractivity contribution in [2.24, 2.45) is 5.41 Å². The summed E-state index contributed by atoms with van der Waals surface area (Å²) in [5.74, 6) is 0. The van der Waals surface area contributed by atoms with Crippen molar-refractivity contribution < 1.29 is 15.0 Å². The van der Waals surface area contributed by atoms with Gasteiger partial charge in [-0.25, -0.2) is 4.79 Å². The highest BCUT2D eigenvalue weighted by atomic mass is 16.4. The van der Waals surface area contributed by atoms with Gasteiger partial charge in [0.1, 0.15) is 0 Å². The Bertz CT molecular complexity index is 223. The second-order valence-electron chi connectivity index (χ2n) is 4.54. The lowest BCUT2D eigenvalue weighted by Gasteiger charge is -2.37. The van der Waals surface area contributed by atoms with Crippen molar-refractivity contribution in [1.82, 2.24) is 5.32 Å². The molecule has 1 saturated carbocycles. The van der Waals surface area contributed by atoms with E-state index in [-0.39, 0.29) is 6.04 Å². The quantitative estimate of drug-likeness (QED) is 0.577. The predicted molar refractivity (Wildman–Crippen MR) is 48.6 cm³/mol. The lowest BCUT2D eigenvalue weighted by atomic mass is 9.77. The maximum absolute atomic E-state index is 10.5. The molecule has 1 amide bonds. The first-order chi connectivity index (χ1) is 5.77. The van der Waals surface area contributed by atoms with Crippen LogP contribution in [0.3, 0.4) is 0 Å². The normalized spacial score (nSPS) is 37.4. The van der Waals surface area contributed by atoms with Crippen molar-refractivity contribution >= 4 is 6.09 Å². The zero-order chi connectivity index (χ0) is 10.3. The van der Waals surface area contributed by atoms with Crippen LogP contribution in [0.15, 0.2) is 0 Å². The molecule has 0 saturated heterocycles. The van der Waals surface area contributed by atoms with Gasteiger partial charge in [-0.05, 0) is 19.8 Å². The highest BCUT2D eigenvalue weighted by Crippen LogP contribution is 2.45. The third kappa shape index (κ3) is 1.63. The third-order valence-electron chi connectivity index (χ3n) is 3.48. The van der Waals surface area contributed by atoms with Gasteiger partial charge in [0.15, 0.2) is 0 Å². The standard InChI is InChI=1S/C9H17NO3/c1-8(2)6(10-7(11)12)4-5-9(8,3)13/h6,10,13H,4-5H2,1-3H3,(H,11,12)/t6-,9-/m0/s1. The van der Waals surface area contributed by atoms with E-state index in [4.69, 9.17) is 5.11 Å². The second kappa shape index (κ2) is 2.87. The van der Waals surface area contributed by atoms with Gasteiger partial charge in [0, 0.05) is 11.5 Å². The van der Waals surface area contributed by atoms with E-state index in [0.717, 1.165) is 0 Å². The molecule has 1 fully saturated rings. The zero-order valence-electron chi connectivity index (χ0n) is 8.29. The highest BCUT2D eigenvalue weighted by molar-refractivity contribution is 5.65. The number of carbonyl (C=O) groups is 1. The lowest BCUT2D eigenvalue weighted by molar-refractivity contribution is -0.0337. The van der Waals surface area contributed by atoms with Crippen LogP contribution < -0.4 is 5.32 Å². The van der Waals surface area contributed by atoms with Gasteiger partial charge in [0.05, 0.1) is 5.60 Å². The Morgan fingerprint density at radius 2 is 2.00 bits per heavy atom. The fourth-order valence-corrected chi connectivity index (χ4v) is 1.89. The van der Waals surface area contributed by atoms with Gasteiger partial charge < -0.3 is 15.5 Å². The fourth-order valence-electron chi connectivity index (χ4n) is 1.89. The van der Waals surface area contributed by atoms with E-state index in [9.17, 15) is 9.90 Å². The van der Waals surface area contributed by atoms with Crippen LogP contribution in [0.2, 0.25) is 0 Å². The monoisotopic (exact) mass is 187 g/mol. The number of amides is 1. The van der Waals surface area contributed by atoms with Crippen LogP contribution in [-0.4, -0.2) is 27.9 Å². The molecule has 0 spiro atoms. The summed E-state index contributed by atoms with van der Waals surface area (Å²) in [4.78, 5) is 10.5. The average molecular weight is 187 g/mol. The summed E-state index contributed by atoms with van der Waals surface area (Å²) in [6, 6.07) is -0.153. The largest absolute Gasteiger partial charge is 0.465 e. The van der Waals surface area contributed by atoms with Crippen LogP contribution in [0.25, 0.3) is 0 Å². The van der Waals surface area contributed by atoms with Gasteiger partial charge in [0.25, 0.3) is 0 Å². The molecule has 1 rings (SSSR count). The fraction of sp³-hybridized carbons (Fsp3) is 0.889. The van der Waals surface area contributed by atoms with Crippen LogP contribution >= 0.6 is 0 Å². The van der Waals surface area contributed by atoms with Crippen molar-refractivity contribution in [2.45, 2.75) is 45.3 Å². The molecule has 0 aromatic carbocycles. The Morgan fingerprint density at radius 3 is 2.31 bits per heavy atom. The molecular weight excluding hydrogens is 170 g/mol. The molecule has 0 bridgehead atoms. The smallest absolute Gasteiger partial charge is 0.404 e. The van der Waals surface area contributed by atoms with Crippen LogP contribution in [0.5, 0.6) is 0 Å². The van der Waals surface area contributed by atoms with Crippen LogP contribution in [0, 0.1) is 5.41 Å². The Morgan fingerprint density at radius 1 is 1.46 bits per heavy atom. The summed E-state index contributed by atoms with van der Waals surface area (Å²) >= 11 is 0. The van der Waals surface area contributed by atoms with E-state index in [1.165, 1.54) is 0 Å². The van der Waals surface area contributed by atoms with Crippen molar-refractivity contribution in [3.8, 4) is 0 Å².